The second kappa shape index (κ2) is 9.78. The molecule has 25 heavy (non-hydrogen) atoms. The van der Waals surface area contributed by atoms with E-state index in [-0.39, 0.29) is 24.2 Å². The fourth-order valence-electron chi connectivity index (χ4n) is 3.52. The van der Waals surface area contributed by atoms with Crippen LogP contribution in [0.15, 0.2) is 24.3 Å². The van der Waals surface area contributed by atoms with Gasteiger partial charge in [0.05, 0.1) is 0 Å². The van der Waals surface area contributed by atoms with Crippen molar-refractivity contribution in [2.45, 2.75) is 45.2 Å². The summed E-state index contributed by atoms with van der Waals surface area (Å²) in [5.41, 5.74) is 2.50. The number of benzene rings is 1. The molecule has 2 aliphatic rings. The molecule has 0 spiro atoms. The molecular formula is C19H28ClN3O2. The number of fused-ring (bicyclic) bond motifs is 1. The SMILES string of the molecule is Cl.O=C(CCC1CCNC1)NCCCC(=O)N1Cc2ccccc2C1. The predicted octanol–water partition coefficient (Wildman–Crippen LogP) is 2.24. The highest BCUT2D eigenvalue weighted by Gasteiger charge is 2.22. The molecule has 1 atom stereocenters. The van der Waals surface area contributed by atoms with Gasteiger partial charge in [-0.15, -0.1) is 12.4 Å². The molecule has 1 unspecified atom stereocenters. The maximum atomic E-state index is 12.3. The van der Waals surface area contributed by atoms with E-state index in [1.54, 1.807) is 0 Å². The zero-order valence-corrected chi connectivity index (χ0v) is 15.4. The maximum Gasteiger partial charge on any atom is 0.223 e. The summed E-state index contributed by atoms with van der Waals surface area (Å²) in [5.74, 6) is 0.939. The molecule has 2 N–H and O–H groups in total. The Labute approximate surface area is 155 Å². The van der Waals surface area contributed by atoms with Crippen LogP contribution in [0.1, 0.15) is 43.2 Å². The molecule has 138 valence electrons. The van der Waals surface area contributed by atoms with Crippen LogP contribution in [0.3, 0.4) is 0 Å². The van der Waals surface area contributed by atoms with Crippen LogP contribution in [0.5, 0.6) is 0 Å². The van der Waals surface area contributed by atoms with Gasteiger partial charge in [0.15, 0.2) is 0 Å². The fraction of sp³-hybridized carbons (Fsp3) is 0.579. The number of carbonyl (C=O) groups excluding carboxylic acids is 2. The van der Waals surface area contributed by atoms with E-state index in [9.17, 15) is 9.59 Å². The Kier molecular flexibility index (Phi) is 7.72. The van der Waals surface area contributed by atoms with Gasteiger partial charge in [-0.3, -0.25) is 9.59 Å². The van der Waals surface area contributed by atoms with Crippen molar-refractivity contribution in [3.05, 3.63) is 35.4 Å². The normalized spacial score (nSPS) is 18.6. The molecule has 1 aromatic rings. The lowest BCUT2D eigenvalue weighted by atomic mass is 10.0. The van der Waals surface area contributed by atoms with Crippen LogP contribution in [-0.2, 0) is 22.7 Å². The molecule has 1 saturated heterocycles. The van der Waals surface area contributed by atoms with Crippen LogP contribution in [0.4, 0.5) is 0 Å². The molecule has 0 aromatic heterocycles. The lowest BCUT2D eigenvalue weighted by Gasteiger charge is -2.15. The summed E-state index contributed by atoms with van der Waals surface area (Å²) in [6, 6.07) is 8.21. The molecule has 2 amide bonds. The Morgan fingerprint density at radius 2 is 1.88 bits per heavy atom. The largest absolute Gasteiger partial charge is 0.356 e. The standard InChI is InChI=1S/C19H27N3O2.ClH/c23-18(8-7-15-9-11-20-12-15)21-10-3-6-19(24)22-13-16-4-1-2-5-17(16)14-22;/h1-2,4-5,15,20H,3,6-14H2,(H,21,23);1H. The second-order valence-electron chi connectivity index (χ2n) is 6.87. The summed E-state index contributed by atoms with van der Waals surface area (Å²) in [6.07, 6.45) is 3.95. The predicted molar refractivity (Wildman–Crippen MR) is 100 cm³/mol. The van der Waals surface area contributed by atoms with Gasteiger partial charge in [-0.2, -0.15) is 0 Å². The van der Waals surface area contributed by atoms with Crippen molar-refractivity contribution in [1.82, 2.24) is 15.5 Å². The molecular weight excluding hydrogens is 338 g/mol. The maximum absolute atomic E-state index is 12.3. The third kappa shape index (κ3) is 5.72. The first-order valence-electron chi connectivity index (χ1n) is 9.04. The molecule has 2 heterocycles. The summed E-state index contributed by atoms with van der Waals surface area (Å²) in [7, 11) is 0. The number of amides is 2. The number of rotatable bonds is 7. The molecule has 5 nitrogen and oxygen atoms in total. The van der Waals surface area contributed by atoms with E-state index in [1.807, 2.05) is 17.0 Å². The molecule has 1 fully saturated rings. The summed E-state index contributed by atoms with van der Waals surface area (Å²) >= 11 is 0. The van der Waals surface area contributed by atoms with Gasteiger partial charge in [0.25, 0.3) is 0 Å². The molecule has 0 saturated carbocycles. The number of nitrogens with zero attached hydrogens (tertiary/aromatic N) is 1. The van der Waals surface area contributed by atoms with E-state index in [4.69, 9.17) is 0 Å². The van der Waals surface area contributed by atoms with Crippen molar-refractivity contribution in [2.75, 3.05) is 19.6 Å². The third-order valence-corrected chi connectivity index (χ3v) is 5.03. The van der Waals surface area contributed by atoms with E-state index < -0.39 is 0 Å². The van der Waals surface area contributed by atoms with Gasteiger partial charge < -0.3 is 15.5 Å². The number of halogens is 1. The molecule has 0 aliphatic carbocycles. The molecule has 1 aromatic carbocycles. The quantitative estimate of drug-likeness (QED) is 0.728. The Morgan fingerprint density at radius 3 is 2.52 bits per heavy atom. The molecule has 0 radical (unpaired) electrons. The Morgan fingerprint density at radius 1 is 1.16 bits per heavy atom. The Balaban J connectivity index is 0.00000225. The van der Waals surface area contributed by atoms with Gasteiger partial charge in [0.2, 0.25) is 11.8 Å². The van der Waals surface area contributed by atoms with E-state index in [1.165, 1.54) is 17.5 Å². The molecule has 0 bridgehead atoms. The van der Waals surface area contributed by atoms with Crippen molar-refractivity contribution < 1.29 is 9.59 Å². The van der Waals surface area contributed by atoms with Crippen LogP contribution in [0, 0.1) is 5.92 Å². The lowest BCUT2D eigenvalue weighted by molar-refractivity contribution is -0.132. The van der Waals surface area contributed by atoms with Crippen LogP contribution in [-0.4, -0.2) is 36.3 Å². The number of hydrogen-bond acceptors (Lipinski definition) is 3. The second-order valence-corrected chi connectivity index (χ2v) is 6.87. The summed E-state index contributed by atoms with van der Waals surface area (Å²) in [5, 5.41) is 6.26. The van der Waals surface area contributed by atoms with E-state index in [2.05, 4.69) is 22.8 Å². The average Bonchev–Trinajstić information content (AvgIpc) is 3.25. The van der Waals surface area contributed by atoms with E-state index >= 15 is 0 Å². The fourth-order valence-corrected chi connectivity index (χ4v) is 3.52. The van der Waals surface area contributed by atoms with Gasteiger partial charge >= 0.3 is 0 Å². The first-order chi connectivity index (χ1) is 11.7. The Bertz CT molecular complexity index is 563. The first kappa shape index (κ1) is 19.7. The van der Waals surface area contributed by atoms with Crippen LogP contribution in [0.2, 0.25) is 0 Å². The third-order valence-electron chi connectivity index (χ3n) is 5.03. The van der Waals surface area contributed by atoms with Crippen molar-refractivity contribution in [3.63, 3.8) is 0 Å². The topological polar surface area (TPSA) is 61.4 Å². The van der Waals surface area contributed by atoms with Gasteiger partial charge in [0, 0.05) is 32.5 Å². The smallest absolute Gasteiger partial charge is 0.223 e. The first-order valence-corrected chi connectivity index (χ1v) is 9.04. The van der Waals surface area contributed by atoms with Gasteiger partial charge in [-0.1, -0.05) is 24.3 Å². The van der Waals surface area contributed by atoms with Gasteiger partial charge in [-0.25, -0.2) is 0 Å². The highest BCUT2D eigenvalue weighted by atomic mass is 35.5. The Hall–Kier alpha value is -1.59. The number of nitrogens with one attached hydrogen (secondary N) is 2. The van der Waals surface area contributed by atoms with Crippen molar-refractivity contribution in [3.8, 4) is 0 Å². The van der Waals surface area contributed by atoms with Gasteiger partial charge in [-0.05, 0) is 49.4 Å². The minimum Gasteiger partial charge on any atom is -0.356 e. The molecule has 2 aliphatic heterocycles. The van der Waals surface area contributed by atoms with E-state index in [0.29, 0.717) is 31.7 Å². The zero-order valence-electron chi connectivity index (χ0n) is 14.6. The van der Waals surface area contributed by atoms with Crippen LogP contribution < -0.4 is 10.6 Å². The number of hydrogen-bond donors (Lipinski definition) is 2. The highest BCUT2D eigenvalue weighted by molar-refractivity contribution is 5.85. The van der Waals surface area contributed by atoms with Crippen molar-refractivity contribution >= 4 is 24.2 Å². The summed E-state index contributed by atoms with van der Waals surface area (Å²) in [4.78, 5) is 26.0. The van der Waals surface area contributed by atoms with Crippen molar-refractivity contribution in [2.24, 2.45) is 5.92 Å². The van der Waals surface area contributed by atoms with Crippen LogP contribution >= 0.6 is 12.4 Å². The summed E-state index contributed by atoms with van der Waals surface area (Å²) in [6.45, 7) is 4.15. The zero-order chi connectivity index (χ0) is 16.8. The molecule has 6 heteroatoms. The van der Waals surface area contributed by atoms with E-state index in [0.717, 1.165) is 32.6 Å². The monoisotopic (exact) mass is 365 g/mol. The van der Waals surface area contributed by atoms with Gasteiger partial charge in [0.1, 0.15) is 0 Å². The lowest BCUT2D eigenvalue weighted by Crippen LogP contribution is -2.28. The average molecular weight is 366 g/mol. The van der Waals surface area contributed by atoms with Crippen LogP contribution in [0.25, 0.3) is 0 Å². The summed E-state index contributed by atoms with van der Waals surface area (Å²) < 4.78 is 0. The molecule has 3 rings (SSSR count). The minimum atomic E-state index is 0. The highest BCUT2D eigenvalue weighted by Crippen LogP contribution is 2.22. The van der Waals surface area contributed by atoms with Crippen molar-refractivity contribution in [1.29, 1.82) is 0 Å². The minimum absolute atomic E-state index is 0. The number of carbonyl (C=O) groups is 2.